The van der Waals surface area contributed by atoms with Crippen LogP contribution in [0.4, 0.5) is 22.0 Å². The van der Waals surface area contributed by atoms with Crippen LogP contribution in [0.5, 0.6) is 23.1 Å². The van der Waals surface area contributed by atoms with Crippen molar-refractivity contribution < 1.29 is 50.8 Å². The second kappa shape index (κ2) is 10.4. The summed E-state index contributed by atoms with van der Waals surface area (Å²) in [7, 11) is 0. The number of carboxylic acids is 1. The number of ether oxygens (including phenoxy) is 4. The van der Waals surface area contributed by atoms with Gasteiger partial charge in [-0.15, -0.1) is 13.9 Å². The number of fused-ring (bicyclic) bond motifs is 2. The van der Waals surface area contributed by atoms with Crippen LogP contribution in [0.3, 0.4) is 0 Å². The Balaban J connectivity index is 1.31. The Labute approximate surface area is 239 Å². The molecule has 2 aromatic carbocycles. The van der Waals surface area contributed by atoms with Crippen LogP contribution in [-0.2, 0) is 12.6 Å². The Morgan fingerprint density at radius 1 is 1.12 bits per heavy atom. The van der Waals surface area contributed by atoms with Gasteiger partial charge in [0.1, 0.15) is 18.0 Å². The highest BCUT2D eigenvalue weighted by molar-refractivity contribution is 5.87. The van der Waals surface area contributed by atoms with Crippen molar-refractivity contribution in [1.82, 2.24) is 20.0 Å². The molecule has 224 valence electrons. The van der Waals surface area contributed by atoms with E-state index in [-0.39, 0.29) is 52.1 Å². The molecule has 10 nitrogen and oxygen atoms in total. The van der Waals surface area contributed by atoms with Crippen LogP contribution in [0, 0.1) is 0 Å². The topological polar surface area (TPSA) is 118 Å². The van der Waals surface area contributed by atoms with Gasteiger partial charge in [0.15, 0.2) is 17.2 Å². The van der Waals surface area contributed by atoms with Gasteiger partial charge in [-0.05, 0) is 68.1 Å². The van der Waals surface area contributed by atoms with Crippen LogP contribution in [0.1, 0.15) is 64.8 Å². The highest BCUT2D eigenvalue weighted by Gasteiger charge is 2.44. The van der Waals surface area contributed by atoms with Gasteiger partial charge < -0.3 is 24.1 Å². The second-order valence-electron chi connectivity index (χ2n) is 9.84. The van der Waals surface area contributed by atoms with E-state index in [0.717, 1.165) is 4.68 Å². The van der Waals surface area contributed by atoms with Crippen molar-refractivity contribution in [3.63, 3.8) is 0 Å². The molecule has 15 heteroatoms. The van der Waals surface area contributed by atoms with E-state index in [1.54, 1.807) is 6.92 Å². The Bertz CT molecular complexity index is 1690. The van der Waals surface area contributed by atoms with Crippen molar-refractivity contribution in [1.29, 1.82) is 0 Å². The SMILES string of the molecule is C[C@H](Oc1cc(-n2nc(C(F)(F)F)c3c2C(Oc2ccc(C(=O)O)cc2)CCC3)cnn1)c1ccc2c(c1)OC(F)(F)O2. The Hall–Kier alpha value is -4.95. The summed E-state index contributed by atoms with van der Waals surface area (Å²) in [6.07, 6.45) is -8.01. The smallest absolute Gasteiger partial charge is 0.484 e. The molecule has 0 spiro atoms. The molecule has 0 amide bonds. The zero-order valence-corrected chi connectivity index (χ0v) is 22.1. The first-order valence-corrected chi connectivity index (χ1v) is 13.0. The van der Waals surface area contributed by atoms with Crippen LogP contribution in [-0.4, -0.2) is 37.3 Å². The summed E-state index contributed by atoms with van der Waals surface area (Å²) in [5.41, 5.74) is -0.317. The number of carbonyl (C=O) groups is 1. The molecule has 3 heterocycles. The third-order valence-corrected chi connectivity index (χ3v) is 6.92. The number of alkyl halides is 5. The predicted octanol–water partition coefficient (Wildman–Crippen LogP) is 6.30. The molecule has 0 saturated heterocycles. The lowest BCUT2D eigenvalue weighted by molar-refractivity contribution is -0.286. The van der Waals surface area contributed by atoms with Gasteiger partial charge >= 0.3 is 18.4 Å². The minimum absolute atomic E-state index is 0.0179. The van der Waals surface area contributed by atoms with Crippen molar-refractivity contribution in [2.75, 3.05) is 0 Å². The molecule has 1 N–H and O–H groups in total. The number of hydrogen-bond acceptors (Lipinski definition) is 8. The van der Waals surface area contributed by atoms with Crippen LogP contribution >= 0.6 is 0 Å². The van der Waals surface area contributed by atoms with Gasteiger partial charge in [0.25, 0.3) is 0 Å². The number of hydrogen-bond donors (Lipinski definition) is 1. The minimum atomic E-state index is -4.75. The fourth-order valence-corrected chi connectivity index (χ4v) is 5.00. The van der Waals surface area contributed by atoms with Crippen molar-refractivity contribution >= 4 is 5.97 Å². The van der Waals surface area contributed by atoms with Crippen LogP contribution < -0.4 is 18.9 Å². The van der Waals surface area contributed by atoms with E-state index in [1.807, 2.05) is 0 Å². The number of nitrogens with zero attached hydrogens (tertiary/aromatic N) is 4. The summed E-state index contributed by atoms with van der Waals surface area (Å²) in [6.45, 7) is 1.61. The lowest BCUT2D eigenvalue weighted by Crippen LogP contribution is -2.25. The number of carboxylic acid groups (broad SMARTS) is 1. The fraction of sp³-hybridized carbons (Fsp3) is 0.286. The van der Waals surface area contributed by atoms with Crippen molar-refractivity contribution in [3.05, 3.63) is 82.8 Å². The molecule has 1 unspecified atom stereocenters. The van der Waals surface area contributed by atoms with Gasteiger partial charge in [-0.3, -0.25) is 0 Å². The zero-order chi connectivity index (χ0) is 30.5. The summed E-state index contributed by atoms with van der Waals surface area (Å²) < 4.78 is 90.9. The number of rotatable bonds is 7. The Kier molecular flexibility index (Phi) is 6.81. The molecular weight excluding hydrogens is 583 g/mol. The van der Waals surface area contributed by atoms with Gasteiger partial charge in [0.05, 0.1) is 23.1 Å². The molecule has 1 aliphatic carbocycles. The number of aromatic nitrogens is 4. The maximum absolute atomic E-state index is 14.1. The number of aromatic carboxylic acids is 1. The molecule has 2 aromatic heterocycles. The van der Waals surface area contributed by atoms with E-state index >= 15 is 0 Å². The summed E-state index contributed by atoms with van der Waals surface area (Å²) in [4.78, 5) is 11.2. The van der Waals surface area contributed by atoms with Crippen LogP contribution in [0.15, 0.2) is 54.7 Å². The first-order valence-electron chi connectivity index (χ1n) is 13.0. The van der Waals surface area contributed by atoms with E-state index in [2.05, 4.69) is 24.8 Å². The van der Waals surface area contributed by atoms with E-state index in [0.29, 0.717) is 18.4 Å². The monoisotopic (exact) mass is 604 g/mol. The minimum Gasteiger partial charge on any atom is -0.484 e. The highest BCUT2D eigenvalue weighted by Crippen LogP contribution is 2.43. The van der Waals surface area contributed by atoms with Crippen molar-refractivity contribution in [2.24, 2.45) is 0 Å². The summed E-state index contributed by atoms with van der Waals surface area (Å²) in [5, 5.41) is 20.8. The molecular formula is C28H21F5N4O6. The maximum Gasteiger partial charge on any atom is 0.586 e. The molecule has 0 radical (unpaired) electrons. The highest BCUT2D eigenvalue weighted by atomic mass is 19.4. The zero-order valence-electron chi connectivity index (χ0n) is 22.1. The third kappa shape index (κ3) is 5.61. The molecule has 2 aliphatic rings. The lowest BCUT2D eigenvalue weighted by atomic mass is 9.93. The largest absolute Gasteiger partial charge is 0.586 e. The number of benzene rings is 2. The van der Waals surface area contributed by atoms with Gasteiger partial charge in [0.2, 0.25) is 5.88 Å². The molecule has 1 aliphatic heterocycles. The van der Waals surface area contributed by atoms with E-state index in [1.165, 1.54) is 54.7 Å². The molecule has 0 saturated carbocycles. The predicted molar refractivity (Wildman–Crippen MR) is 136 cm³/mol. The summed E-state index contributed by atoms with van der Waals surface area (Å²) in [5.74, 6) is -1.23. The fourth-order valence-electron chi connectivity index (χ4n) is 5.00. The van der Waals surface area contributed by atoms with Gasteiger partial charge in [-0.2, -0.15) is 23.4 Å². The molecule has 0 fully saturated rings. The molecule has 4 aromatic rings. The van der Waals surface area contributed by atoms with E-state index in [9.17, 15) is 26.7 Å². The van der Waals surface area contributed by atoms with Gasteiger partial charge in [-0.25, -0.2) is 9.48 Å². The summed E-state index contributed by atoms with van der Waals surface area (Å²) in [6, 6.07) is 11.0. The second-order valence-corrected chi connectivity index (χ2v) is 9.84. The van der Waals surface area contributed by atoms with Crippen LogP contribution in [0.25, 0.3) is 5.69 Å². The average Bonchev–Trinajstić information content (AvgIpc) is 3.50. The van der Waals surface area contributed by atoms with Gasteiger partial charge in [0, 0.05) is 11.6 Å². The lowest BCUT2D eigenvalue weighted by Gasteiger charge is -2.26. The average molecular weight is 604 g/mol. The van der Waals surface area contributed by atoms with Gasteiger partial charge in [-0.1, -0.05) is 6.07 Å². The Morgan fingerprint density at radius 3 is 2.58 bits per heavy atom. The first-order chi connectivity index (χ1) is 20.4. The standard InChI is InChI=1S/C28H21F5N4O6/c1-14(16-7-10-20-22(11-16)43-28(32,33)42-20)40-23-12-17(13-34-35-23)37-24-19(25(36-37)27(29,30)31)3-2-4-21(24)41-18-8-5-15(6-9-18)26(38)39/h5-14,21H,2-4H2,1H3,(H,38,39)/t14-,21?/m0/s1. The van der Waals surface area contributed by atoms with Crippen LogP contribution in [0.2, 0.25) is 0 Å². The normalized spacial score (nSPS) is 17.7. The quantitative estimate of drug-likeness (QED) is 0.243. The van der Waals surface area contributed by atoms with Crippen molar-refractivity contribution in [3.8, 4) is 28.8 Å². The summed E-state index contributed by atoms with van der Waals surface area (Å²) >= 11 is 0. The van der Waals surface area contributed by atoms with E-state index < -0.39 is 36.3 Å². The maximum atomic E-state index is 14.1. The molecule has 2 atom stereocenters. The molecule has 43 heavy (non-hydrogen) atoms. The van der Waals surface area contributed by atoms with E-state index in [4.69, 9.17) is 14.6 Å². The third-order valence-electron chi connectivity index (χ3n) is 6.92. The first kappa shape index (κ1) is 28.2. The molecule has 0 bridgehead atoms. The van der Waals surface area contributed by atoms with Crippen molar-refractivity contribution in [2.45, 2.75) is 50.9 Å². The molecule has 6 rings (SSSR count). The number of halogens is 5. The Morgan fingerprint density at radius 2 is 1.86 bits per heavy atom.